The molecular weight excluding hydrogens is 206 g/mol. The average molecular weight is 225 g/mol. The third-order valence-corrected chi connectivity index (χ3v) is 2.80. The lowest BCUT2D eigenvalue weighted by Gasteiger charge is -2.29. The summed E-state index contributed by atoms with van der Waals surface area (Å²) in [6.07, 6.45) is 2.98. The molecule has 90 valence electrons. The van der Waals surface area contributed by atoms with Crippen LogP contribution < -0.4 is 10.6 Å². The summed E-state index contributed by atoms with van der Waals surface area (Å²) in [5.74, 6) is 1.64. The highest BCUT2D eigenvalue weighted by atomic mass is 16.5. The van der Waals surface area contributed by atoms with Crippen LogP contribution in [0, 0.1) is 0 Å². The second-order valence-electron chi connectivity index (χ2n) is 4.17. The monoisotopic (exact) mass is 225 g/mol. The maximum absolute atomic E-state index is 5.92. The first kappa shape index (κ1) is 11.3. The van der Waals surface area contributed by atoms with Gasteiger partial charge in [0.15, 0.2) is 0 Å². The molecule has 1 aromatic heterocycles. The minimum Gasteiger partial charge on any atom is -0.384 e. The van der Waals surface area contributed by atoms with Crippen LogP contribution in [0.1, 0.15) is 18.7 Å². The van der Waals surface area contributed by atoms with E-state index in [1.54, 1.807) is 7.11 Å². The molecule has 0 bridgehead atoms. The number of hydrogen-bond acceptors (Lipinski definition) is 5. The van der Waals surface area contributed by atoms with Gasteiger partial charge in [-0.1, -0.05) is 0 Å². The molecule has 1 aromatic rings. The zero-order chi connectivity index (χ0) is 11.4. The fourth-order valence-electron chi connectivity index (χ4n) is 1.93. The van der Waals surface area contributed by atoms with Gasteiger partial charge in [-0.3, -0.25) is 5.10 Å². The van der Waals surface area contributed by atoms with Crippen LogP contribution >= 0.6 is 0 Å². The predicted octanol–water partition coefficient (Wildman–Crippen LogP) is -0.0789. The first-order valence-electron chi connectivity index (χ1n) is 5.70. The van der Waals surface area contributed by atoms with Crippen LogP contribution in [-0.2, 0) is 11.2 Å². The molecule has 16 heavy (non-hydrogen) atoms. The summed E-state index contributed by atoms with van der Waals surface area (Å²) in [7, 11) is 1.68. The molecule has 0 amide bonds. The first-order valence-corrected chi connectivity index (χ1v) is 5.70. The molecule has 1 aliphatic rings. The Morgan fingerprint density at radius 1 is 1.62 bits per heavy atom. The first-order chi connectivity index (χ1) is 7.79. The number of anilines is 1. The Kier molecular flexibility index (Phi) is 3.74. The van der Waals surface area contributed by atoms with Crippen molar-refractivity contribution in [1.82, 2.24) is 15.2 Å². The van der Waals surface area contributed by atoms with Crippen LogP contribution in [0.15, 0.2) is 0 Å². The van der Waals surface area contributed by atoms with E-state index in [0.29, 0.717) is 6.61 Å². The van der Waals surface area contributed by atoms with Crippen molar-refractivity contribution in [1.29, 1.82) is 0 Å². The molecule has 0 radical (unpaired) electrons. The molecule has 6 nitrogen and oxygen atoms in total. The van der Waals surface area contributed by atoms with Gasteiger partial charge in [-0.05, 0) is 12.8 Å². The second kappa shape index (κ2) is 5.27. The quantitative estimate of drug-likeness (QED) is 0.749. The topological polar surface area (TPSA) is 80.1 Å². The van der Waals surface area contributed by atoms with Gasteiger partial charge in [0.1, 0.15) is 5.82 Å². The molecule has 3 N–H and O–H groups in total. The summed E-state index contributed by atoms with van der Waals surface area (Å²) in [5.41, 5.74) is 5.92. The van der Waals surface area contributed by atoms with Crippen molar-refractivity contribution in [2.24, 2.45) is 5.73 Å². The van der Waals surface area contributed by atoms with Gasteiger partial charge < -0.3 is 15.4 Å². The minimum atomic E-state index is 0.245. The van der Waals surface area contributed by atoms with Crippen molar-refractivity contribution in [2.45, 2.75) is 25.3 Å². The number of rotatable bonds is 4. The van der Waals surface area contributed by atoms with Gasteiger partial charge in [-0.15, -0.1) is 5.10 Å². The van der Waals surface area contributed by atoms with E-state index in [2.05, 4.69) is 20.1 Å². The van der Waals surface area contributed by atoms with Gasteiger partial charge >= 0.3 is 0 Å². The van der Waals surface area contributed by atoms with Crippen molar-refractivity contribution in [2.75, 3.05) is 31.7 Å². The van der Waals surface area contributed by atoms with Crippen molar-refractivity contribution >= 4 is 5.95 Å². The van der Waals surface area contributed by atoms with Crippen molar-refractivity contribution in [3.63, 3.8) is 0 Å². The highest BCUT2D eigenvalue weighted by molar-refractivity contribution is 5.29. The Morgan fingerprint density at radius 2 is 2.50 bits per heavy atom. The van der Waals surface area contributed by atoms with Gasteiger partial charge in [0, 0.05) is 32.7 Å². The molecule has 1 atom stereocenters. The number of H-pyrrole nitrogens is 1. The summed E-state index contributed by atoms with van der Waals surface area (Å²) < 4.78 is 5.00. The van der Waals surface area contributed by atoms with E-state index in [4.69, 9.17) is 10.5 Å². The second-order valence-corrected chi connectivity index (χ2v) is 4.17. The molecule has 0 aliphatic carbocycles. The Labute approximate surface area is 95.2 Å². The van der Waals surface area contributed by atoms with Crippen molar-refractivity contribution in [3.05, 3.63) is 5.82 Å². The molecule has 6 heteroatoms. The van der Waals surface area contributed by atoms with Crippen LogP contribution in [0.3, 0.4) is 0 Å². The highest BCUT2D eigenvalue weighted by Gasteiger charge is 2.19. The van der Waals surface area contributed by atoms with E-state index < -0.39 is 0 Å². The van der Waals surface area contributed by atoms with Crippen LogP contribution in [0.25, 0.3) is 0 Å². The molecule has 0 saturated carbocycles. The lowest BCUT2D eigenvalue weighted by Crippen LogP contribution is -2.43. The molecule has 1 saturated heterocycles. The van der Waals surface area contributed by atoms with E-state index in [1.165, 1.54) is 0 Å². The summed E-state index contributed by atoms with van der Waals surface area (Å²) in [4.78, 5) is 6.57. The maximum atomic E-state index is 5.92. The Balaban J connectivity index is 1.95. The summed E-state index contributed by atoms with van der Waals surface area (Å²) in [6.45, 7) is 2.50. The predicted molar refractivity (Wildman–Crippen MR) is 61.4 cm³/mol. The van der Waals surface area contributed by atoms with Crippen molar-refractivity contribution in [3.8, 4) is 0 Å². The van der Waals surface area contributed by atoms with E-state index in [0.717, 1.165) is 44.1 Å². The van der Waals surface area contributed by atoms with Crippen LogP contribution in [0.5, 0.6) is 0 Å². The van der Waals surface area contributed by atoms with E-state index in [1.807, 2.05) is 0 Å². The fraction of sp³-hybridized carbons (Fsp3) is 0.800. The number of methoxy groups -OCH3 is 1. The fourth-order valence-corrected chi connectivity index (χ4v) is 1.93. The zero-order valence-electron chi connectivity index (χ0n) is 9.65. The lowest BCUT2D eigenvalue weighted by atomic mass is 10.1. The number of nitrogens with one attached hydrogen (secondary N) is 1. The van der Waals surface area contributed by atoms with Crippen LogP contribution in [0.4, 0.5) is 5.95 Å². The highest BCUT2D eigenvalue weighted by Crippen LogP contribution is 2.14. The third kappa shape index (κ3) is 2.70. The average Bonchev–Trinajstić information content (AvgIpc) is 2.75. The molecule has 2 rings (SSSR count). The minimum absolute atomic E-state index is 0.245. The Hall–Kier alpha value is -1.14. The number of aromatic nitrogens is 3. The van der Waals surface area contributed by atoms with Crippen LogP contribution in [0.2, 0.25) is 0 Å². The molecule has 2 heterocycles. The van der Waals surface area contributed by atoms with Crippen LogP contribution in [-0.4, -0.2) is 48.0 Å². The molecule has 0 spiro atoms. The van der Waals surface area contributed by atoms with E-state index in [-0.39, 0.29) is 6.04 Å². The van der Waals surface area contributed by atoms with Gasteiger partial charge in [0.05, 0.1) is 6.61 Å². The number of aromatic amines is 1. The molecule has 1 fully saturated rings. The largest absolute Gasteiger partial charge is 0.384 e. The molecular formula is C10H19N5O. The summed E-state index contributed by atoms with van der Waals surface area (Å²) >= 11 is 0. The summed E-state index contributed by atoms with van der Waals surface area (Å²) in [6, 6.07) is 0.245. The molecule has 1 aliphatic heterocycles. The summed E-state index contributed by atoms with van der Waals surface area (Å²) in [5, 5.41) is 7.14. The zero-order valence-corrected chi connectivity index (χ0v) is 9.65. The lowest BCUT2D eigenvalue weighted by molar-refractivity contribution is 0.200. The SMILES string of the molecule is COCCc1nc(N2CCCC(N)C2)n[nH]1. The Bertz CT molecular complexity index is 327. The molecule has 1 unspecified atom stereocenters. The third-order valence-electron chi connectivity index (χ3n) is 2.80. The number of ether oxygens (including phenoxy) is 1. The number of nitrogens with two attached hydrogens (primary N) is 1. The van der Waals surface area contributed by atoms with Crippen molar-refractivity contribution < 1.29 is 4.74 Å². The normalized spacial score (nSPS) is 21.4. The smallest absolute Gasteiger partial charge is 0.244 e. The molecule has 0 aromatic carbocycles. The van der Waals surface area contributed by atoms with Gasteiger partial charge in [0.2, 0.25) is 5.95 Å². The van der Waals surface area contributed by atoms with Gasteiger partial charge in [0.25, 0.3) is 0 Å². The maximum Gasteiger partial charge on any atom is 0.244 e. The van der Waals surface area contributed by atoms with Gasteiger partial charge in [-0.2, -0.15) is 4.98 Å². The van der Waals surface area contributed by atoms with Gasteiger partial charge in [-0.25, -0.2) is 0 Å². The van der Waals surface area contributed by atoms with E-state index in [9.17, 15) is 0 Å². The Morgan fingerprint density at radius 3 is 3.25 bits per heavy atom. The van der Waals surface area contributed by atoms with E-state index >= 15 is 0 Å². The standard InChI is InChI=1S/C10H19N5O/c1-16-6-4-9-12-10(14-13-9)15-5-2-3-8(11)7-15/h8H,2-7,11H2,1H3,(H,12,13,14). The number of piperidine rings is 1. The number of nitrogens with zero attached hydrogens (tertiary/aromatic N) is 3. The number of hydrogen-bond donors (Lipinski definition) is 2.